The molecule has 15 heavy (non-hydrogen) atoms. The lowest BCUT2D eigenvalue weighted by atomic mass is 10.1. The van der Waals surface area contributed by atoms with Crippen LogP contribution in [0.4, 0.5) is 4.39 Å². The van der Waals surface area contributed by atoms with Crippen molar-refractivity contribution < 1.29 is 4.39 Å². The number of rotatable bonds is 2. The lowest BCUT2D eigenvalue weighted by Gasteiger charge is -2.23. The van der Waals surface area contributed by atoms with E-state index in [9.17, 15) is 4.39 Å². The van der Waals surface area contributed by atoms with E-state index in [1.54, 1.807) is 12.1 Å². The molecule has 0 spiro atoms. The van der Waals surface area contributed by atoms with Gasteiger partial charge < -0.3 is 5.32 Å². The Hall–Kier alpha value is -0.250. The smallest absolute Gasteiger partial charge is 0.127 e. The topological polar surface area (TPSA) is 12.0 Å². The Bertz CT molecular complexity index is 319. The van der Waals surface area contributed by atoms with Crippen LogP contribution in [-0.2, 0) is 6.42 Å². The van der Waals surface area contributed by atoms with Gasteiger partial charge in [-0.2, -0.15) is 11.8 Å². The van der Waals surface area contributed by atoms with Crippen molar-refractivity contribution in [1.82, 2.24) is 5.32 Å². The predicted octanol–water partition coefficient (Wildman–Crippen LogP) is 2.73. The van der Waals surface area contributed by atoms with E-state index in [4.69, 9.17) is 11.6 Å². The Morgan fingerprint density at radius 1 is 1.53 bits per heavy atom. The van der Waals surface area contributed by atoms with Crippen molar-refractivity contribution in [3.63, 3.8) is 0 Å². The molecular formula is C11H13ClFNS. The quantitative estimate of drug-likeness (QED) is 0.860. The molecule has 0 amide bonds. The summed E-state index contributed by atoms with van der Waals surface area (Å²) in [6.07, 6.45) is 0.679. The minimum Gasteiger partial charge on any atom is -0.312 e. The summed E-state index contributed by atoms with van der Waals surface area (Å²) in [6.45, 7) is 1.00. The van der Waals surface area contributed by atoms with Gasteiger partial charge in [0.1, 0.15) is 5.82 Å². The van der Waals surface area contributed by atoms with Crippen molar-refractivity contribution in [2.24, 2.45) is 0 Å². The van der Waals surface area contributed by atoms with E-state index in [0.717, 1.165) is 18.1 Å². The van der Waals surface area contributed by atoms with Crippen molar-refractivity contribution in [3.8, 4) is 0 Å². The molecule has 1 aromatic carbocycles. The molecule has 1 heterocycles. The maximum atomic E-state index is 13.5. The van der Waals surface area contributed by atoms with Crippen LogP contribution in [0.2, 0.25) is 5.02 Å². The fourth-order valence-electron chi connectivity index (χ4n) is 1.72. The molecule has 1 saturated heterocycles. The third kappa shape index (κ3) is 2.86. The van der Waals surface area contributed by atoms with Crippen molar-refractivity contribution in [1.29, 1.82) is 0 Å². The predicted molar refractivity (Wildman–Crippen MR) is 64.2 cm³/mol. The van der Waals surface area contributed by atoms with Crippen LogP contribution in [0.3, 0.4) is 0 Å². The number of benzene rings is 1. The van der Waals surface area contributed by atoms with Gasteiger partial charge in [-0.1, -0.05) is 17.7 Å². The molecule has 1 atom stereocenters. The standard InChI is InChI=1S/C11H13ClFNS/c12-10-2-1-3-11(13)9(10)6-8-7-15-5-4-14-8/h1-3,8,14H,4-7H2. The maximum absolute atomic E-state index is 13.5. The van der Waals surface area contributed by atoms with Crippen LogP contribution in [0.1, 0.15) is 5.56 Å². The van der Waals surface area contributed by atoms with E-state index >= 15 is 0 Å². The van der Waals surface area contributed by atoms with Gasteiger partial charge in [-0.25, -0.2) is 4.39 Å². The third-order valence-corrected chi connectivity index (χ3v) is 4.00. The fraction of sp³-hybridized carbons (Fsp3) is 0.455. The van der Waals surface area contributed by atoms with Gasteiger partial charge in [0.25, 0.3) is 0 Å². The Morgan fingerprint density at radius 3 is 3.07 bits per heavy atom. The Labute approximate surface area is 98.4 Å². The lowest BCUT2D eigenvalue weighted by Crippen LogP contribution is -2.39. The molecule has 0 saturated carbocycles. The fourth-order valence-corrected chi connectivity index (χ4v) is 2.91. The number of halogens is 2. The number of nitrogens with one attached hydrogen (secondary N) is 1. The summed E-state index contributed by atoms with van der Waals surface area (Å²) >= 11 is 7.88. The molecule has 1 aliphatic heterocycles. The summed E-state index contributed by atoms with van der Waals surface area (Å²) in [5.74, 6) is 1.98. The molecule has 0 aliphatic carbocycles. The summed E-state index contributed by atoms with van der Waals surface area (Å²) in [5, 5.41) is 3.91. The molecule has 82 valence electrons. The van der Waals surface area contributed by atoms with Crippen LogP contribution in [0.15, 0.2) is 18.2 Å². The molecule has 1 unspecified atom stereocenters. The second kappa shape index (κ2) is 5.19. The molecule has 0 radical (unpaired) electrons. The van der Waals surface area contributed by atoms with Crippen LogP contribution in [0.25, 0.3) is 0 Å². The van der Waals surface area contributed by atoms with E-state index in [1.807, 2.05) is 11.8 Å². The Balaban J connectivity index is 2.09. The average Bonchev–Trinajstić information content (AvgIpc) is 2.25. The van der Waals surface area contributed by atoms with Gasteiger partial charge in [0, 0.05) is 34.7 Å². The van der Waals surface area contributed by atoms with Gasteiger partial charge >= 0.3 is 0 Å². The van der Waals surface area contributed by atoms with Crippen LogP contribution >= 0.6 is 23.4 Å². The van der Waals surface area contributed by atoms with Gasteiger partial charge in [0.2, 0.25) is 0 Å². The van der Waals surface area contributed by atoms with E-state index in [0.29, 0.717) is 23.0 Å². The first-order valence-electron chi connectivity index (χ1n) is 5.01. The van der Waals surface area contributed by atoms with Gasteiger partial charge in [-0.05, 0) is 18.6 Å². The minimum absolute atomic E-state index is 0.195. The number of thioether (sulfide) groups is 1. The summed E-state index contributed by atoms with van der Waals surface area (Å²) in [4.78, 5) is 0. The highest BCUT2D eigenvalue weighted by Crippen LogP contribution is 2.22. The number of hydrogen-bond donors (Lipinski definition) is 1. The highest BCUT2D eigenvalue weighted by atomic mass is 35.5. The first-order chi connectivity index (χ1) is 7.27. The minimum atomic E-state index is -0.195. The average molecular weight is 246 g/mol. The normalized spacial score (nSPS) is 21.6. The third-order valence-electron chi connectivity index (χ3n) is 2.51. The maximum Gasteiger partial charge on any atom is 0.127 e. The van der Waals surface area contributed by atoms with Crippen LogP contribution in [0, 0.1) is 5.82 Å². The summed E-state index contributed by atoms with van der Waals surface area (Å²) in [6, 6.07) is 5.20. The van der Waals surface area contributed by atoms with Crippen molar-refractivity contribution in [2.45, 2.75) is 12.5 Å². The van der Waals surface area contributed by atoms with Gasteiger partial charge in [-0.3, -0.25) is 0 Å². The van der Waals surface area contributed by atoms with Crippen molar-refractivity contribution in [3.05, 3.63) is 34.6 Å². The summed E-state index contributed by atoms with van der Waals surface area (Å²) in [5.41, 5.74) is 0.638. The second-order valence-electron chi connectivity index (χ2n) is 3.63. The molecule has 0 aromatic heterocycles. The number of hydrogen-bond acceptors (Lipinski definition) is 2. The largest absolute Gasteiger partial charge is 0.312 e. The molecule has 1 aliphatic rings. The molecular weight excluding hydrogens is 233 g/mol. The second-order valence-corrected chi connectivity index (χ2v) is 5.19. The zero-order valence-corrected chi connectivity index (χ0v) is 9.87. The first kappa shape index (κ1) is 11.2. The summed E-state index contributed by atoms with van der Waals surface area (Å²) in [7, 11) is 0. The first-order valence-corrected chi connectivity index (χ1v) is 6.54. The molecule has 0 bridgehead atoms. The van der Waals surface area contributed by atoms with E-state index < -0.39 is 0 Å². The molecule has 4 heteroatoms. The summed E-state index contributed by atoms with van der Waals surface area (Å²) < 4.78 is 13.5. The van der Waals surface area contributed by atoms with Gasteiger partial charge in [-0.15, -0.1) is 0 Å². The Morgan fingerprint density at radius 2 is 2.40 bits per heavy atom. The van der Waals surface area contributed by atoms with Gasteiger partial charge in [0.15, 0.2) is 0 Å². The van der Waals surface area contributed by atoms with Crippen LogP contribution < -0.4 is 5.32 Å². The van der Waals surface area contributed by atoms with E-state index in [2.05, 4.69) is 5.32 Å². The van der Waals surface area contributed by atoms with Crippen LogP contribution in [-0.4, -0.2) is 24.1 Å². The van der Waals surface area contributed by atoms with E-state index in [1.165, 1.54) is 6.07 Å². The zero-order chi connectivity index (χ0) is 10.7. The van der Waals surface area contributed by atoms with Gasteiger partial charge in [0.05, 0.1) is 0 Å². The zero-order valence-electron chi connectivity index (χ0n) is 8.30. The molecule has 1 fully saturated rings. The van der Waals surface area contributed by atoms with Crippen molar-refractivity contribution >= 4 is 23.4 Å². The monoisotopic (exact) mass is 245 g/mol. The molecule has 1 nitrogen and oxygen atoms in total. The molecule has 1 N–H and O–H groups in total. The SMILES string of the molecule is Fc1cccc(Cl)c1CC1CSCCN1. The molecule has 2 rings (SSSR count). The molecule has 1 aromatic rings. The highest BCUT2D eigenvalue weighted by molar-refractivity contribution is 7.99. The lowest BCUT2D eigenvalue weighted by molar-refractivity contribution is 0.539. The highest BCUT2D eigenvalue weighted by Gasteiger charge is 2.16. The van der Waals surface area contributed by atoms with Crippen molar-refractivity contribution in [2.75, 3.05) is 18.1 Å². The Kier molecular flexibility index (Phi) is 3.89. The van der Waals surface area contributed by atoms with Crippen LogP contribution in [0.5, 0.6) is 0 Å². The van der Waals surface area contributed by atoms with E-state index in [-0.39, 0.29) is 5.82 Å².